The molecule has 0 spiro atoms. The first-order valence-corrected chi connectivity index (χ1v) is 3.59. The molecule has 0 aliphatic rings. The van der Waals surface area contributed by atoms with Crippen molar-refractivity contribution in [2.75, 3.05) is 20.7 Å². The maximum Gasteiger partial charge on any atom is 0.284 e. The number of amidine groups is 1. The molecule has 0 unspecified atom stereocenters. The lowest BCUT2D eigenvalue weighted by Crippen LogP contribution is -2.25. The van der Waals surface area contributed by atoms with Crippen molar-refractivity contribution in [1.29, 1.82) is 0 Å². The minimum Gasteiger partial charge on any atom is -0.469 e. The highest BCUT2D eigenvalue weighted by atomic mass is 16.5. The average molecular weight is 144 g/mol. The van der Waals surface area contributed by atoms with Gasteiger partial charge in [-0.3, -0.25) is 0 Å². The summed E-state index contributed by atoms with van der Waals surface area (Å²) < 4.78 is 4.88. The predicted molar refractivity (Wildman–Crippen MR) is 43.3 cm³/mol. The van der Waals surface area contributed by atoms with E-state index in [1.165, 1.54) is 6.42 Å². The summed E-state index contributed by atoms with van der Waals surface area (Å²) >= 11 is 0. The lowest BCUT2D eigenvalue weighted by atomic mass is 10.3. The zero-order valence-corrected chi connectivity index (χ0v) is 6.98. The zero-order chi connectivity index (χ0) is 7.82. The highest BCUT2D eigenvalue weighted by Crippen LogP contribution is 1.82. The van der Waals surface area contributed by atoms with E-state index in [1.54, 1.807) is 14.2 Å². The van der Waals surface area contributed by atoms with Gasteiger partial charge in [0.05, 0.1) is 7.11 Å². The fourth-order valence-electron chi connectivity index (χ4n) is 0.615. The lowest BCUT2D eigenvalue weighted by molar-refractivity contribution is 0.378. The molecule has 0 heterocycles. The Balaban J connectivity index is 3.27. The zero-order valence-electron chi connectivity index (χ0n) is 6.98. The highest BCUT2D eigenvalue weighted by Gasteiger charge is 1.91. The van der Waals surface area contributed by atoms with Crippen LogP contribution in [0.25, 0.3) is 0 Å². The fourth-order valence-corrected chi connectivity index (χ4v) is 0.615. The number of nitrogens with zero attached hydrogens (tertiary/aromatic N) is 1. The Kier molecular flexibility index (Phi) is 5.92. The molecule has 0 rings (SSSR count). The van der Waals surface area contributed by atoms with Gasteiger partial charge in [-0.2, -0.15) is 0 Å². The molecule has 3 nitrogen and oxygen atoms in total. The van der Waals surface area contributed by atoms with E-state index >= 15 is 0 Å². The highest BCUT2D eigenvalue weighted by molar-refractivity contribution is 5.73. The Labute approximate surface area is 62.5 Å². The monoisotopic (exact) mass is 144 g/mol. The van der Waals surface area contributed by atoms with Gasteiger partial charge in [0.25, 0.3) is 6.02 Å². The summed E-state index contributed by atoms with van der Waals surface area (Å²) in [5.41, 5.74) is 0. The van der Waals surface area contributed by atoms with Crippen LogP contribution in [0.5, 0.6) is 0 Å². The van der Waals surface area contributed by atoms with Crippen LogP contribution in [0, 0.1) is 0 Å². The van der Waals surface area contributed by atoms with E-state index in [0.717, 1.165) is 13.0 Å². The average Bonchev–Trinajstić information content (AvgIpc) is 1.99. The van der Waals surface area contributed by atoms with Crippen molar-refractivity contribution in [3.05, 3.63) is 0 Å². The van der Waals surface area contributed by atoms with Gasteiger partial charge in [-0.25, -0.2) is 4.99 Å². The second-order valence-corrected chi connectivity index (χ2v) is 2.01. The van der Waals surface area contributed by atoms with Crippen LogP contribution >= 0.6 is 0 Å². The Morgan fingerprint density at radius 1 is 1.60 bits per heavy atom. The topological polar surface area (TPSA) is 33.6 Å². The van der Waals surface area contributed by atoms with Crippen LogP contribution in [-0.4, -0.2) is 26.7 Å². The van der Waals surface area contributed by atoms with E-state index in [0.29, 0.717) is 6.02 Å². The van der Waals surface area contributed by atoms with Gasteiger partial charge in [-0.05, 0) is 6.42 Å². The summed E-state index contributed by atoms with van der Waals surface area (Å²) in [6, 6.07) is 0.619. The van der Waals surface area contributed by atoms with E-state index in [9.17, 15) is 0 Å². The van der Waals surface area contributed by atoms with E-state index < -0.39 is 0 Å². The summed E-state index contributed by atoms with van der Waals surface area (Å²) in [6.07, 6.45) is 2.34. The van der Waals surface area contributed by atoms with Crippen molar-refractivity contribution < 1.29 is 4.74 Å². The molecule has 0 amide bonds. The van der Waals surface area contributed by atoms with E-state index in [1.807, 2.05) is 0 Å². The third kappa shape index (κ3) is 4.18. The molecule has 0 bridgehead atoms. The Morgan fingerprint density at radius 2 is 2.30 bits per heavy atom. The Bertz CT molecular complexity index is 102. The summed E-state index contributed by atoms with van der Waals surface area (Å²) in [4.78, 5) is 3.86. The van der Waals surface area contributed by atoms with Crippen LogP contribution in [0.2, 0.25) is 0 Å². The van der Waals surface area contributed by atoms with Crippen molar-refractivity contribution in [2.24, 2.45) is 4.99 Å². The molecule has 3 heteroatoms. The molecule has 0 aliphatic carbocycles. The molecule has 0 aromatic rings. The van der Waals surface area contributed by atoms with Gasteiger partial charge in [0, 0.05) is 13.6 Å². The minimum atomic E-state index is 0.619. The fraction of sp³-hybridized carbons (Fsp3) is 0.857. The quantitative estimate of drug-likeness (QED) is 0.364. The largest absolute Gasteiger partial charge is 0.469 e. The van der Waals surface area contributed by atoms with E-state index in [-0.39, 0.29) is 0 Å². The molecule has 0 fully saturated rings. The third-order valence-electron chi connectivity index (χ3n) is 1.20. The molecule has 0 aromatic carbocycles. The molecule has 0 atom stereocenters. The molecule has 60 valence electrons. The summed E-state index contributed by atoms with van der Waals surface area (Å²) in [7, 11) is 3.32. The molecule has 0 aromatic heterocycles. The van der Waals surface area contributed by atoms with Crippen molar-refractivity contribution in [1.82, 2.24) is 5.32 Å². The van der Waals surface area contributed by atoms with Gasteiger partial charge < -0.3 is 10.1 Å². The van der Waals surface area contributed by atoms with Crippen LogP contribution in [0.15, 0.2) is 4.99 Å². The van der Waals surface area contributed by atoms with Crippen LogP contribution < -0.4 is 5.32 Å². The number of aliphatic imine (C=N–C) groups is 1. The number of ether oxygens (including phenoxy) is 1. The van der Waals surface area contributed by atoms with Crippen LogP contribution in [0.3, 0.4) is 0 Å². The van der Waals surface area contributed by atoms with Crippen molar-refractivity contribution in [2.45, 2.75) is 19.8 Å². The predicted octanol–water partition coefficient (Wildman–Crippen LogP) is 1.01. The normalized spacial score (nSPS) is 11.3. The Morgan fingerprint density at radius 3 is 2.70 bits per heavy atom. The maximum absolute atomic E-state index is 4.88. The molecular formula is C7H16N2O. The SMILES string of the molecule is CCCCNC(=NC)OC. The first kappa shape index (κ1) is 9.27. The van der Waals surface area contributed by atoms with Gasteiger partial charge in [0.2, 0.25) is 0 Å². The van der Waals surface area contributed by atoms with Crippen LogP contribution in [0.1, 0.15) is 19.8 Å². The Hall–Kier alpha value is -0.730. The molecule has 0 saturated carbocycles. The molecule has 0 radical (unpaired) electrons. The van der Waals surface area contributed by atoms with E-state index in [2.05, 4.69) is 17.2 Å². The van der Waals surface area contributed by atoms with Gasteiger partial charge in [0.1, 0.15) is 0 Å². The van der Waals surface area contributed by atoms with E-state index in [4.69, 9.17) is 4.74 Å². The first-order chi connectivity index (χ1) is 4.85. The number of rotatable bonds is 3. The number of nitrogens with one attached hydrogen (secondary N) is 1. The summed E-state index contributed by atoms with van der Waals surface area (Å²) in [5.74, 6) is 0. The van der Waals surface area contributed by atoms with Gasteiger partial charge in [-0.1, -0.05) is 13.3 Å². The second-order valence-electron chi connectivity index (χ2n) is 2.01. The third-order valence-corrected chi connectivity index (χ3v) is 1.20. The molecular weight excluding hydrogens is 128 g/mol. The number of hydrogen-bond donors (Lipinski definition) is 1. The number of unbranched alkanes of at least 4 members (excludes halogenated alkanes) is 1. The summed E-state index contributed by atoms with van der Waals surface area (Å²) in [6.45, 7) is 3.09. The smallest absolute Gasteiger partial charge is 0.284 e. The van der Waals surface area contributed by atoms with Crippen molar-refractivity contribution in [3.63, 3.8) is 0 Å². The second kappa shape index (κ2) is 6.39. The standard InChI is InChI=1S/C7H16N2O/c1-4-5-6-9-7(8-2)10-3/h4-6H2,1-3H3,(H,8,9). The molecule has 0 saturated heterocycles. The van der Waals surface area contributed by atoms with Crippen LogP contribution in [0.4, 0.5) is 0 Å². The van der Waals surface area contributed by atoms with Gasteiger partial charge in [-0.15, -0.1) is 0 Å². The van der Waals surface area contributed by atoms with Crippen molar-refractivity contribution >= 4 is 6.02 Å². The molecule has 1 N–H and O–H groups in total. The van der Waals surface area contributed by atoms with Gasteiger partial charge >= 0.3 is 0 Å². The number of hydrogen-bond acceptors (Lipinski definition) is 2. The lowest BCUT2D eigenvalue weighted by Gasteiger charge is -2.05. The molecule has 0 aliphatic heterocycles. The van der Waals surface area contributed by atoms with Gasteiger partial charge in [0.15, 0.2) is 0 Å². The van der Waals surface area contributed by atoms with Crippen LogP contribution in [-0.2, 0) is 4.74 Å². The first-order valence-electron chi connectivity index (χ1n) is 3.59. The summed E-state index contributed by atoms with van der Waals surface area (Å²) in [5, 5.41) is 3.05. The maximum atomic E-state index is 4.88. The molecule has 10 heavy (non-hydrogen) atoms. The minimum absolute atomic E-state index is 0.619. The van der Waals surface area contributed by atoms with Crippen molar-refractivity contribution in [3.8, 4) is 0 Å². The number of methoxy groups -OCH3 is 1.